The third-order valence-corrected chi connectivity index (χ3v) is 6.50. The number of hydrogen-bond acceptors (Lipinski definition) is 6. The number of esters is 1. The average Bonchev–Trinajstić information content (AvgIpc) is 3.16. The summed E-state index contributed by atoms with van der Waals surface area (Å²) in [6.07, 6.45) is 0. The van der Waals surface area contributed by atoms with E-state index in [1.807, 2.05) is 55.4 Å². The second kappa shape index (κ2) is 6.29. The van der Waals surface area contributed by atoms with E-state index in [4.69, 9.17) is 16.3 Å². The Balaban J connectivity index is 1.65. The number of benzene rings is 2. The van der Waals surface area contributed by atoms with Crippen molar-refractivity contribution in [2.75, 3.05) is 19.0 Å². The fourth-order valence-electron chi connectivity index (χ4n) is 2.45. The van der Waals surface area contributed by atoms with Crippen molar-refractivity contribution in [3.63, 3.8) is 0 Å². The second-order valence-electron chi connectivity index (χ2n) is 5.65. The Labute approximate surface area is 157 Å². The molecule has 0 aliphatic carbocycles. The number of halogens is 1. The third-order valence-electron chi connectivity index (χ3n) is 3.66. The van der Waals surface area contributed by atoms with Crippen LogP contribution in [-0.4, -0.2) is 25.0 Å². The summed E-state index contributed by atoms with van der Waals surface area (Å²) in [5, 5.41) is 2.22. The van der Waals surface area contributed by atoms with Gasteiger partial charge in [-0.05, 0) is 18.2 Å². The summed E-state index contributed by atoms with van der Waals surface area (Å²) in [5.41, 5.74) is 0.883. The van der Waals surface area contributed by atoms with E-state index in [2.05, 4.69) is 4.98 Å². The molecule has 0 N–H and O–H groups in total. The molecule has 2 heterocycles. The lowest BCUT2D eigenvalue weighted by Crippen LogP contribution is -2.07. The first kappa shape index (κ1) is 16.3. The number of hydrogen-bond donors (Lipinski definition) is 0. The minimum absolute atomic E-state index is 0.418. The van der Waals surface area contributed by atoms with E-state index in [0.29, 0.717) is 15.6 Å². The van der Waals surface area contributed by atoms with Crippen LogP contribution in [0.1, 0.15) is 9.67 Å². The van der Waals surface area contributed by atoms with Crippen molar-refractivity contribution < 1.29 is 9.53 Å². The predicted molar refractivity (Wildman–Crippen MR) is 106 cm³/mol. The highest BCUT2D eigenvalue weighted by molar-refractivity contribution is 7.22. The van der Waals surface area contributed by atoms with Gasteiger partial charge >= 0.3 is 5.97 Å². The van der Waals surface area contributed by atoms with E-state index < -0.39 is 5.97 Å². The molecule has 126 valence electrons. The van der Waals surface area contributed by atoms with Crippen LogP contribution in [0.5, 0.6) is 5.75 Å². The highest BCUT2D eigenvalue weighted by atomic mass is 35.5. The number of thiophene rings is 1. The topological polar surface area (TPSA) is 42.4 Å². The number of thiazole rings is 1. The van der Waals surface area contributed by atoms with Crippen molar-refractivity contribution in [1.82, 2.24) is 4.98 Å². The second-order valence-corrected chi connectivity index (χ2v) is 8.09. The molecule has 25 heavy (non-hydrogen) atoms. The van der Waals surface area contributed by atoms with E-state index in [-0.39, 0.29) is 0 Å². The first-order valence-electron chi connectivity index (χ1n) is 7.50. The van der Waals surface area contributed by atoms with Gasteiger partial charge < -0.3 is 9.64 Å². The normalized spacial score (nSPS) is 11.2. The van der Waals surface area contributed by atoms with Gasteiger partial charge in [0.05, 0.1) is 15.2 Å². The largest absolute Gasteiger partial charge is 0.422 e. The highest BCUT2D eigenvalue weighted by Crippen LogP contribution is 2.36. The summed E-state index contributed by atoms with van der Waals surface area (Å²) < 4.78 is 7.48. The van der Waals surface area contributed by atoms with Crippen LogP contribution in [0, 0.1) is 0 Å². The summed E-state index contributed by atoms with van der Waals surface area (Å²) in [4.78, 5) is 19.4. The molecule has 4 nitrogen and oxygen atoms in total. The third kappa shape index (κ3) is 2.97. The molecule has 0 radical (unpaired) electrons. The van der Waals surface area contributed by atoms with E-state index >= 15 is 0 Å². The molecule has 0 saturated carbocycles. The Morgan fingerprint density at radius 1 is 1.12 bits per heavy atom. The number of fused-ring (bicyclic) bond motifs is 2. The molecule has 0 saturated heterocycles. The van der Waals surface area contributed by atoms with Crippen molar-refractivity contribution in [1.29, 1.82) is 0 Å². The van der Waals surface area contributed by atoms with Gasteiger partial charge in [0.15, 0.2) is 5.13 Å². The molecule has 0 aliphatic heterocycles. The van der Waals surface area contributed by atoms with Crippen LogP contribution in [0.2, 0.25) is 5.02 Å². The Kier molecular flexibility index (Phi) is 4.11. The minimum atomic E-state index is -0.442. The first-order valence-corrected chi connectivity index (χ1v) is 9.51. The van der Waals surface area contributed by atoms with E-state index in [0.717, 1.165) is 25.4 Å². The number of rotatable bonds is 3. The molecular weight excluding hydrogens is 376 g/mol. The Bertz CT molecular complexity index is 1100. The summed E-state index contributed by atoms with van der Waals surface area (Å²) in [5.74, 6) is 0.0443. The lowest BCUT2D eigenvalue weighted by atomic mass is 10.2. The maximum Gasteiger partial charge on any atom is 0.355 e. The van der Waals surface area contributed by atoms with E-state index in [9.17, 15) is 4.79 Å². The van der Waals surface area contributed by atoms with Gasteiger partial charge in [0.25, 0.3) is 0 Å². The summed E-state index contributed by atoms with van der Waals surface area (Å²) in [6, 6.07) is 13.1. The SMILES string of the molecule is CN(C)c1nc2ccc(OC(=O)c3sc4ccccc4c3Cl)cc2s1. The quantitative estimate of drug-likeness (QED) is 0.345. The standard InChI is InChI=1S/C18H13ClN2O2S2/c1-21(2)18-20-12-8-7-10(9-14(12)25-18)23-17(22)16-15(19)11-5-3-4-6-13(11)24-16/h3-9H,1-2H3. The summed E-state index contributed by atoms with van der Waals surface area (Å²) in [7, 11) is 3.89. The molecule has 0 bridgehead atoms. The number of nitrogens with zero attached hydrogens (tertiary/aromatic N) is 2. The number of carbonyl (C=O) groups excluding carboxylic acids is 1. The zero-order chi connectivity index (χ0) is 17.6. The fourth-order valence-corrected chi connectivity index (χ4v) is 4.75. The minimum Gasteiger partial charge on any atom is -0.422 e. The monoisotopic (exact) mass is 388 g/mol. The van der Waals surface area contributed by atoms with Gasteiger partial charge in [-0.3, -0.25) is 0 Å². The Hall–Kier alpha value is -2.15. The van der Waals surface area contributed by atoms with Gasteiger partial charge in [0.1, 0.15) is 10.6 Å². The summed E-state index contributed by atoms with van der Waals surface area (Å²) in [6.45, 7) is 0. The smallest absolute Gasteiger partial charge is 0.355 e. The van der Waals surface area contributed by atoms with Gasteiger partial charge in [0, 0.05) is 30.2 Å². The molecule has 0 atom stereocenters. The van der Waals surface area contributed by atoms with Gasteiger partial charge in [-0.1, -0.05) is 41.1 Å². The van der Waals surface area contributed by atoms with Gasteiger partial charge in [-0.15, -0.1) is 11.3 Å². The first-order chi connectivity index (χ1) is 12.0. The molecule has 2 aromatic carbocycles. The molecule has 4 rings (SSSR count). The van der Waals surface area contributed by atoms with Crippen molar-refractivity contribution in [3.05, 3.63) is 52.4 Å². The highest BCUT2D eigenvalue weighted by Gasteiger charge is 2.19. The zero-order valence-electron chi connectivity index (χ0n) is 13.4. The van der Waals surface area contributed by atoms with Crippen molar-refractivity contribution in [3.8, 4) is 5.75 Å². The van der Waals surface area contributed by atoms with Crippen molar-refractivity contribution >= 4 is 65.7 Å². The van der Waals surface area contributed by atoms with Crippen LogP contribution < -0.4 is 9.64 Å². The molecule has 7 heteroatoms. The number of ether oxygens (including phenoxy) is 1. The van der Waals surface area contributed by atoms with Gasteiger partial charge in [-0.25, -0.2) is 9.78 Å². The zero-order valence-corrected chi connectivity index (χ0v) is 15.8. The predicted octanol–water partition coefficient (Wildman–Crippen LogP) is 5.45. The maximum absolute atomic E-state index is 12.5. The van der Waals surface area contributed by atoms with Crippen molar-refractivity contribution in [2.24, 2.45) is 0 Å². The van der Waals surface area contributed by atoms with Crippen LogP contribution in [0.25, 0.3) is 20.3 Å². The van der Waals surface area contributed by atoms with Crippen LogP contribution in [-0.2, 0) is 0 Å². The fraction of sp³-hybridized carbons (Fsp3) is 0.111. The average molecular weight is 389 g/mol. The molecule has 2 aromatic heterocycles. The van der Waals surface area contributed by atoms with Crippen LogP contribution >= 0.6 is 34.3 Å². The summed E-state index contributed by atoms with van der Waals surface area (Å²) >= 11 is 9.24. The lowest BCUT2D eigenvalue weighted by molar-refractivity contribution is 0.0740. The molecule has 0 amide bonds. The number of anilines is 1. The number of aromatic nitrogens is 1. The van der Waals surface area contributed by atoms with Gasteiger partial charge in [-0.2, -0.15) is 0 Å². The number of carbonyl (C=O) groups is 1. The Morgan fingerprint density at radius 2 is 1.92 bits per heavy atom. The lowest BCUT2D eigenvalue weighted by Gasteiger charge is -2.04. The van der Waals surface area contributed by atoms with Crippen LogP contribution in [0.3, 0.4) is 0 Å². The van der Waals surface area contributed by atoms with E-state index in [1.165, 1.54) is 11.3 Å². The van der Waals surface area contributed by atoms with E-state index in [1.54, 1.807) is 17.4 Å². The molecule has 0 fully saturated rings. The molecule has 4 aromatic rings. The van der Waals surface area contributed by atoms with Crippen LogP contribution in [0.15, 0.2) is 42.5 Å². The molecule has 0 spiro atoms. The Morgan fingerprint density at radius 3 is 2.68 bits per heavy atom. The molecule has 0 unspecified atom stereocenters. The van der Waals surface area contributed by atoms with Crippen LogP contribution in [0.4, 0.5) is 5.13 Å². The van der Waals surface area contributed by atoms with Crippen molar-refractivity contribution in [2.45, 2.75) is 0 Å². The molecular formula is C18H13ClN2O2S2. The molecule has 0 aliphatic rings. The maximum atomic E-state index is 12.5. The van der Waals surface area contributed by atoms with Gasteiger partial charge in [0.2, 0.25) is 0 Å².